The smallest absolute Gasteiger partial charge is 0.254 e. The molecule has 2 rings (SSSR count). The second kappa shape index (κ2) is 5.40. The van der Waals surface area contributed by atoms with Gasteiger partial charge in [-0.2, -0.15) is 0 Å². The van der Waals surface area contributed by atoms with Gasteiger partial charge in [0.05, 0.1) is 0 Å². The van der Waals surface area contributed by atoms with Gasteiger partial charge in [-0.05, 0) is 23.8 Å². The van der Waals surface area contributed by atoms with Crippen molar-refractivity contribution >= 4 is 28.3 Å². The highest BCUT2D eigenvalue weighted by Gasteiger charge is 2.15. The number of carbonyl (C=O) groups excluding carboxylic acids is 1. The maximum absolute atomic E-state index is 12.4. The highest BCUT2D eigenvalue weighted by atomic mass is 35.5. The quantitative estimate of drug-likeness (QED) is 0.774. The molecule has 1 amide bonds. The summed E-state index contributed by atoms with van der Waals surface area (Å²) in [6, 6.07) is 13.7. The molecule has 1 atom stereocenters. The largest absolute Gasteiger partial charge is 0.340 e. The minimum absolute atomic E-state index is 0.0132. The molecule has 0 N–H and O–H groups in total. The maximum Gasteiger partial charge on any atom is 0.254 e. The number of fused-ring (bicyclic) bond motifs is 1. The van der Waals surface area contributed by atoms with Crippen molar-refractivity contribution in [2.24, 2.45) is 0 Å². The van der Waals surface area contributed by atoms with Gasteiger partial charge in [-0.3, -0.25) is 4.79 Å². The van der Waals surface area contributed by atoms with Gasteiger partial charge in [0, 0.05) is 24.5 Å². The fraction of sp³-hybridized carbons (Fsp3) is 0.267. The standard InChI is InChI=1S/C15H16ClNO/c1-11(16)10-17(2)15(18)14-9-5-7-12-6-3-4-8-13(12)14/h3-9,11H,10H2,1-2H3. The zero-order chi connectivity index (χ0) is 13.1. The topological polar surface area (TPSA) is 20.3 Å². The first-order valence-electron chi connectivity index (χ1n) is 5.97. The van der Waals surface area contributed by atoms with Gasteiger partial charge in [0.15, 0.2) is 0 Å². The van der Waals surface area contributed by atoms with Gasteiger partial charge in [0.25, 0.3) is 5.91 Å². The van der Waals surface area contributed by atoms with Gasteiger partial charge < -0.3 is 4.90 Å². The first-order chi connectivity index (χ1) is 8.59. The fourth-order valence-corrected chi connectivity index (χ4v) is 2.28. The van der Waals surface area contributed by atoms with E-state index < -0.39 is 0 Å². The van der Waals surface area contributed by atoms with Gasteiger partial charge >= 0.3 is 0 Å². The van der Waals surface area contributed by atoms with E-state index in [4.69, 9.17) is 11.6 Å². The van der Waals surface area contributed by atoms with Crippen LogP contribution in [0.15, 0.2) is 42.5 Å². The van der Waals surface area contributed by atoms with Crippen LogP contribution in [0, 0.1) is 0 Å². The Kier molecular flexibility index (Phi) is 3.87. The van der Waals surface area contributed by atoms with Crippen molar-refractivity contribution in [1.29, 1.82) is 0 Å². The second-order valence-electron chi connectivity index (χ2n) is 4.49. The van der Waals surface area contributed by atoms with Gasteiger partial charge in [0.1, 0.15) is 0 Å². The lowest BCUT2D eigenvalue weighted by molar-refractivity contribution is 0.0798. The highest BCUT2D eigenvalue weighted by Crippen LogP contribution is 2.19. The number of rotatable bonds is 3. The van der Waals surface area contributed by atoms with Crippen LogP contribution < -0.4 is 0 Å². The summed E-state index contributed by atoms with van der Waals surface area (Å²) in [4.78, 5) is 14.0. The van der Waals surface area contributed by atoms with Crippen molar-refractivity contribution in [1.82, 2.24) is 4.90 Å². The summed E-state index contributed by atoms with van der Waals surface area (Å²) < 4.78 is 0. The van der Waals surface area contributed by atoms with E-state index in [-0.39, 0.29) is 11.3 Å². The van der Waals surface area contributed by atoms with Crippen molar-refractivity contribution in [3.63, 3.8) is 0 Å². The van der Waals surface area contributed by atoms with E-state index in [2.05, 4.69) is 0 Å². The first-order valence-corrected chi connectivity index (χ1v) is 6.40. The first kappa shape index (κ1) is 12.9. The average Bonchev–Trinajstić information content (AvgIpc) is 2.36. The Morgan fingerprint density at radius 3 is 2.61 bits per heavy atom. The predicted molar refractivity (Wildman–Crippen MR) is 76.2 cm³/mol. The zero-order valence-electron chi connectivity index (χ0n) is 10.6. The molecule has 0 aromatic heterocycles. The number of carbonyl (C=O) groups is 1. The number of alkyl halides is 1. The number of nitrogens with zero attached hydrogens (tertiary/aromatic N) is 1. The lowest BCUT2D eigenvalue weighted by atomic mass is 10.0. The number of hydrogen-bond donors (Lipinski definition) is 0. The molecule has 0 saturated heterocycles. The Balaban J connectivity index is 2.39. The molecular weight excluding hydrogens is 246 g/mol. The number of halogens is 1. The minimum atomic E-state index is -0.0473. The van der Waals surface area contributed by atoms with Crippen molar-refractivity contribution < 1.29 is 4.79 Å². The summed E-state index contributed by atoms with van der Waals surface area (Å²) in [7, 11) is 1.78. The van der Waals surface area contributed by atoms with Crippen molar-refractivity contribution in [2.75, 3.05) is 13.6 Å². The Morgan fingerprint density at radius 2 is 1.89 bits per heavy atom. The molecule has 0 fully saturated rings. The van der Waals surface area contributed by atoms with Crippen LogP contribution in [0.2, 0.25) is 0 Å². The molecule has 0 heterocycles. The van der Waals surface area contributed by atoms with Crippen LogP contribution in [0.5, 0.6) is 0 Å². The molecule has 0 aliphatic carbocycles. The summed E-state index contributed by atoms with van der Waals surface area (Å²) in [5.41, 5.74) is 0.730. The zero-order valence-corrected chi connectivity index (χ0v) is 11.3. The lowest BCUT2D eigenvalue weighted by Gasteiger charge is -2.19. The summed E-state index contributed by atoms with van der Waals surface area (Å²) in [5.74, 6) is 0.0132. The summed E-state index contributed by atoms with van der Waals surface area (Å²) in [6.07, 6.45) is 0. The van der Waals surface area contributed by atoms with E-state index in [1.54, 1.807) is 11.9 Å². The maximum atomic E-state index is 12.4. The summed E-state index contributed by atoms with van der Waals surface area (Å²) in [5, 5.41) is 2.02. The summed E-state index contributed by atoms with van der Waals surface area (Å²) in [6.45, 7) is 2.43. The highest BCUT2D eigenvalue weighted by molar-refractivity contribution is 6.20. The molecule has 2 nitrogen and oxygen atoms in total. The van der Waals surface area contributed by atoms with E-state index in [0.29, 0.717) is 6.54 Å². The van der Waals surface area contributed by atoms with Crippen molar-refractivity contribution in [3.05, 3.63) is 48.0 Å². The fourth-order valence-electron chi connectivity index (χ4n) is 2.08. The van der Waals surface area contributed by atoms with Crippen LogP contribution in [0.4, 0.5) is 0 Å². The van der Waals surface area contributed by atoms with Gasteiger partial charge in [-0.15, -0.1) is 11.6 Å². The monoisotopic (exact) mass is 261 g/mol. The molecular formula is C15H16ClNO. The molecule has 94 valence electrons. The van der Waals surface area contributed by atoms with Gasteiger partial charge in [-0.1, -0.05) is 36.4 Å². The second-order valence-corrected chi connectivity index (χ2v) is 5.24. The molecule has 0 spiro atoms. The molecule has 2 aromatic carbocycles. The third-order valence-electron chi connectivity index (χ3n) is 2.89. The molecule has 0 saturated carbocycles. The number of benzene rings is 2. The molecule has 3 heteroatoms. The number of amides is 1. The third-order valence-corrected chi connectivity index (χ3v) is 3.03. The third kappa shape index (κ3) is 2.65. The van der Waals surface area contributed by atoms with Crippen molar-refractivity contribution in [2.45, 2.75) is 12.3 Å². The van der Waals surface area contributed by atoms with Crippen molar-refractivity contribution in [3.8, 4) is 0 Å². The van der Waals surface area contributed by atoms with E-state index in [1.807, 2.05) is 49.4 Å². The summed E-state index contributed by atoms with van der Waals surface area (Å²) >= 11 is 5.93. The van der Waals surface area contributed by atoms with Crippen LogP contribution in [-0.4, -0.2) is 29.8 Å². The molecule has 0 aliphatic heterocycles. The number of hydrogen-bond acceptors (Lipinski definition) is 1. The van der Waals surface area contributed by atoms with E-state index in [1.165, 1.54) is 0 Å². The minimum Gasteiger partial charge on any atom is -0.340 e. The van der Waals surface area contributed by atoms with Crippen LogP contribution in [0.1, 0.15) is 17.3 Å². The van der Waals surface area contributed by atoms with Crippen LogP contribution in [-0.2, 0) is 0 Å². The molecule has 0 bridgehead atoms. The molecule has 2 aromatic rings. The Morgan fingerprint density at radius 1 is 1.22 bits per heavy atom. The Hall–Kier alpha value is -1.54. The Labute approximate surface area is 112 Å². The van der Waals surface area contributed by atoms with E-state index in [9.17, 15) is 4.79 Å². The van der Waals surface area contributed by atoms with Crippen LogP contribution in [0.3, 0.4) is 0 Å². The molecule has 1 unspecified atom stereocenters. The molecule has 18 heavy (non-hydrogen) atoms. The van der Waals surface area contributed by atoms with Gasteiger partial charge in [0.2, 0.25) is 0 Å². The Bertz CT molecular complexity index is 560. The van der Waals surface area contributed by atoms with Gasteiger partial charge in [-0.25, -0.2) is 0 Å². The average molecular weight is 262 g/mol. The van der Waals surface area contributed by atoms with E-state index in [0.717, 1.165) is 16.3 Å². The molecule has 0 radical (unpaired) electrons. The molecule has 0 aliphatic rings. The van der Waals surface area contributed by atoms with Crippen LogP contribution in [0.25, 0.3) is 10.8 Å². The SMILES string of the molecule is CC(Cl)CN(C)C(=O)c1cccc2ccccc12. The van der Waals surface area contributed by atoms with E-state index >= 15 is 0 Å². The lowest BCUT2D eigenvalue weighted by Crippen LogP contribution is -2.31. The normalized spacial score (nSPS) is 12.4. The van der Waals surface area contributed by atoms with Crippen LogP contribution >= 0.6 is 11.6 Å². The predicted octanol–water partition coefficient (Wildman–Crippen LogP) is 3.54.